The van der Waals surface area contributed by atoms with E-state index in [1.165, 1.54) is 18.4 Å². The molecular weight excluding hydrogens is 148 g/mol. The zero-order valence-corrected chi connectivity index (χ0v) is 7.75. The number of phenols is 1. The Bertz CT molecular complexity index is 243. The highest BCUT2D eigenvalue weighted by atomic mass is 16.3. The van der Waals surface area contributed by atoms with E-state index in [2.05, 4.69) is 19.9 Å². The molecule has 0 heterocycles. The quantitative estimate of drug-likeness (QED) is 0.726. The smallest absolute Gasteiger partial charge is 0.115 e. The molecule has 0 aliphatic heterocycles. The van der Waals surface area contributed by atoms with E-state index in [1.54, 1.807) is 6.07 Å². The van der Waals surface area contributed by atoms with Crippen molar-refractivity contribution in [2.75, 3.05) is 0 Å². The number of phenolic OH excluding ortho intramolecular Hbond substituents is 1. The van der Waals surface area contributed by atoms with E-state index in [0.29, 0.717) is 11.7 Å². The van der Waals surface area contributed by atoms with Crippen molar-refractivity contribution < 1.29 is 5.11 Å². The molecule has 12 heavy (non-hydrogen) atoms. The standard InChI is InChI=1S/C11H16O/c1-3-5-9(2)10-6-4-7-11(12)8-10/h4,6-9,12H,3,5H2,1-2H3. The van der Waals surface area contributed by atoms with Crippen molar-refractivity contribution in [3.05, 3.63) is 29.8 Å². The zero-order valence-electron chi connectivity index (χ0n) is 7.75. The molecule has 0 radical (unpaired) electrons. The summed E-state index contributed by atoms with van der Waals surface area (Å²) >= 11 is 0. The minimum Gasteiger partial charge on any atom is -0.508 e. The lowest BCUT2D eigenvalue weighted by molar-refractivity contribution is 0.473. The van der Waals surface area contributed by atoms with Gasteiger partial charge in [-0.2, -0.15) is 0 Å². The lowest BCUT2D eigenvalue weighted by atomic mass is 9.96. The highest BCUT2D eigenvalue weighted by Gasteiger charge is 2.03. The molecule has 1 atom stereocenters. The fourth-order valence-corrected chi connectivity index (χ4v) is 1.43. The summed E-state index contributed by atoms with van der Waals surface area (Å²) in [5, 5.41) is 9.23. The summed E-state index contributed by atoms with van der Waals surface area (Å²) in [7, 11) is 0. The molecule has 0 amide bonds. The lowest BCUT2D eigenvalue weighted by Crippen LogP contribution is -1.91. The molecular formula is C11H16O. The molecule has 0 fully saturated rings. The molecule has 0 saturated heterocycles. The van der Waals surface area contributed by atoms with Crippen LogP contribution < -0.4 is 0 Å². The molecule has 1 aromatic rings. The summed E-state index contributed by atoms with van der Waals surface area (Å²) in [6, 6.07) is 7.53. The maximum absolute atomic E-state index is 9.23. The van der Waals surface area contributed by atoms with Gasteiger partial charge in [0, 0.05) is 0 Å². The number of hydrogen-bond donors (Lipinski definition) is 1. The average Bonchev–Trinajstić information content (AvgIpc) is 2.05. The Kier molecular flexibility index (Phi) is 3.15. The van der Waals surface area contributed by atoms with Gasteiger partial charge in [-0.25, -0.2) is 0 Å². The van der Waals surface area contributed by atoms with Crippen LogP contribution in [0.25, 0.3) is 0 Å². The van der Waals surface area contributed by atoms with Gasteiger partial charge in [0.05, 0.1) is 0 Å². The zero-order chi connectivity index (χ0) is 8.97. The Morgan fingerprint density at radius 1 is 1.42 bits per heavy atom. The first kappa shape index (κ1) is 9.11. The Morgan fingerprint density at radius 3 is 2.75 bits per heavy atom. The van der Waals surface area contributed by atoms with Gasteiger partial charge in [-0.05, 0) is 30.0 Å². The first-order valence-corrected chi connectivity index (χ1v) is 4.53. The molecule has 1 nitrogen and oxygen atoms in total. The van der Waals surface area contributed by atoms with Crippen molar-refractivity contribution in [3.8, 4) is 5.75 Å². The third-order valence-electron chi connectivity index (χ3n) is 2.16. The Balaban J connectivity index is 2.73. The number of rotatable bonds is 3. The van der Waals surface area contributed by atoms with Crippen molar-refractivity contribution in [3.63, 3.8) is 0 Å². The van der Waals surface area contributed by atoms with Crippen LogP contribution in [0.15, 0.2) is 24.3 Å². The summed E-state index contributed by atoms with van der Waals surface area (Å²) < 4.78 is 0. The van der Waals surface area contributed by atoms with Crippen molar-refractivity contribution >= 4 is 0 Å². The van der Waals surface area contributed by atoms with Crippen LogP contribution in [-0.2, 0) is 0 Å². The normalized spacial score (nSPS) is 12.8. The van der Waals surface area contributed by atoms with Gasteiger partial charge in [0.15, 0.2) is 0 Å². The predicted octanol–water partition coefficient (Wildman–Crippen LogP) is 3.30. The molecule has 1 unspecified atom stereocenters. The number of benzene rings is 1. The van der Waals surface area contributed by atoms with Gasteiger partial charge in [-0.15, -0.1) is 0 Å². The van der Waals surface area contributed by atoms with E-state index >= 15 is 0 Å². The van der Waals surface area contributed by atoms with E-state index in [9.17, 15) is 5.11 Å². The van der Waals surface area contributed by atoms with Crippen LogP contribution in [0.3, 0.4) is 0 Å². The molecule has 0 aliphatic carbocycles. The van der Waals surface area contributed by atoms with Gasteiger partial charge in [-0.3, -0.25) is 0 Å². The Labute approximate surface area is 74.1 Å². The predicted molar refractivity (Wildman–Crippen MR) is 51.4 cm³/mol. The van der Waals surface area contributed by atoms with E-state index in [1.807, 2.05) is 12.1 Å². The first-order chi connectivity index (χ1) is 5.74. The van der Waals surface area contributed by atoms with Crippen LogP contribution in [0.1, 0.15) is 38.2 Å². The van der Waals surface area contributed by atoms with Gasteiger partial charge in [0.2, 0.25) is 0 Å². The first-order valence-electron chi connectivity index (χ1n) is 4.53. The molecule has 1 rings (SSSR count). The fourth-order valence-electron chi connectivity index (χ4n) is 1.43. The molecule has 66 valence electrons. The van der Waals surface area contributed by atoms with Gasteiger partial charge in [0.1, 0.15) is 5.75 Å². The van der Waals surface area contributed by atoms with Crippen LogP contribution in [0.4, 0.5) is 0 Å². The maximum atomic E-state index is 9.23. The largest absolute Gasteiger partial charge is 0.508 e. The lowest BCUT2D eigenvalue weighted by Gasteiger charge is -2.09. The second kappa shape index (κ2) is 4.15. The number of aromatic hydroxyl groups is 1. The SMILES string of the molecule is CCCC(C)c1cccc(O)c1. The monoisotopic (exact) mass is 164 g/mol. The molecule has 0 saturated carbocycles. The van der Waals surface area contributed by atoms with Crippen molar-refractivity contribution in [1.82, 2.24) is 0 Å². The highest BCUT2D eigenvalue weighted by Crippen LogP contribution is 2.23. The van der Waals surface area contributed by atoms with Crippen LogP contribution in [0.2, 0.25) is 0 Å². The molecule has 1 heteroatoms. The van der Waals surface area contributed by atoms with Crippen molar-refractivity contribution in [1.29, 1.82) is 0 Å². The van der Waals surface area contributed by atoms with Crippen LogP contribution in [0.5, 0.6) is 5.75 Å². The van der Waals surface area contributed by atoms with E-state index in [-0.39, 0.29) is 0 Å². The summed E-state index contributed by atoms with van der Waals surface area (Å²) in [6.45, 7) is 4.37. The van der Waals surface area contributed by atoms with Crippen LogP contribution in [0, 0.1) is 0 Å². The molecule has 1 aromatic carbocycles. The van der Waals surface area contributed by atoms with Crippen molar-refractivity contribution in [2.24, 2.45) is 0 Å². The van der Waals surface area contributed by atoms with Gasteiger partial charge < -0.3 is 5.11 Å². The second-order valence-corrected chi connectivity index (χ2v) is 3.28. The summed E-state index contributed by atoms with van der Waals surface area (Å²) in [5.41, 5.74) is 1.23. The highest BCUT2D eigenvalue weighted by molar-refractivity contribution is 5.29. The molecule has 0 spiro atoms. The van der Waals surface area contributed by atoms with Crippen molar-refractivity contribution in [2.45, 2.75) is 32.6 Å². The minimum absolute atomic E-state index is 0.371. The van der Waals surface area contributed by atoms with Gasteiger partial charge >= 0.3 is 0 Å². The van der Waals surface area contributed by atoms with E-state index < -0.39 is 0 Å². The minimum atomic E-state index is 0.371. The third kappa shape index (κ3) is 2.26. The van der Waals surface area contributed by atoms with E-state index in [0.717, 1.165) is 0 Å². The van der Waals surface area contributed by atoms with Gasteiger partial charge in [-0.1, -0.05) is 32.4 Å². The summed E-state index contributed by atoms with van der Waals surface area (Å²) in [4.78, 5) is 0. The molecule has 0 aliphatic rings. The van der Waals surface area contributed by atoms with E-state index in [4.69, 9.17) is 0 Å². The molecule has 1 N–H and O–H groups in total. The third-order valence-corrected chi connectivity index (χ3v) is 2.16. The molecule has 0 bridgehead atoms. The topological polar surface area (TPSA) is 20.2 Å². The van der Waals surface area contributed by atoms with Crippen LogP contribution >= 0.6 is 0 Å². The van der Waals surface area contributed by atoms with Crippen LogP contribution in [-0.4, -0.2) is 5.11 Å². The molecule has 0 aromatic heterocycles. The van der Waals surface area contributed by atoms with Gasteiger partial charge in [0.25, 0.3) is 0 Å². The maximum Gasteiger partial charge on any atom is 0.115 e. The Morgan fingerprint density at radius 2 is 2.17 bits per heavy atom. The summed E-state index contributed by atoms with van der Waals surface area (Å²) in [6.07, 6.45) is 2.38. The summed E-state index contributed by atoms with van der Waals surface area (Å²) in [5.74, 6) is 0.928. The Hall–Kier alpha value is -0.980. The number of hydrogen-bond acceptors (Lipinski definition) is 1. The second-order valence-electron chi connectivity index (χ2n) is 3.28. The average molecular weight is 164 g/mol. The fraction of sp³-hybridized carbons (Fsp3) is 0.455.